The van der Waals surface area contributed by atoms with E-state index >= 15 is 0 Å². The molecule has 1 aromatic carbocycles. The van der Waals surface area contributed by atoms with Crippen LogP contribution in [-0.2, 0) is 4.74 Å². The molecule has 96 valence electrons. The lowest BCUT2D eigenvalue weighted by Gasteiger charge is -2.13. The molecule has 1 atom stereocenters. The molecule has 2 aromatic rings. The molecule has 18 heavy (non-hydrogen) atoms. The van der Waals surface area contributed by atoms with Crippen molar-refractivity contribution in [2.45, 2.75) is 19.9 Å². The van der Waals surface area contributed by atoms with Gasteiger partial charge in [0.1, 0.15) is 0 Å². The van der Waals surface area contributed by atoms with Gasteiger partial charge in [0.25, 0.3) is 0 Å². The smallest absolute Gasteiger partial charge is 0.182 e. The second-order valence-corrected chi connectivity index (χ2v) is 4.33. The van der Waals surface area contributed by atoms with Gasteiger partial charge in [-0.2, -0.15) is 0 Å². The van der Waals surface area contributed by atoms with E-state index in [1.54, 1.807) is 11.8 Å². The zero-order valence-electron chi connectivity index (χ0n) is 10.8. The van der Waals surface area contributed by atoms with Crippen LogP contribution in [0, 0.1) is 6.92 Å². The van der Waals surface area contributed by atoms with Crippen LogP contribution >= 0.6 is 0 Å². The van der Waals surface area contributed by atoms with Gasteiger partial charge < -0.3 is 10.5 Å². The Morgan fingerprint density at radius 2 is 2.22 bits per heavy atom. The van der Waals surface area contributed by atoms with Gasteiger partial charge in [-0.1, -0.05) is 6.07 Å². The Hall–Kier alpha value is -1.95. The summed E-state index contributed by atoms with van der Waals surface area (Å²) in [4.78, 5) is 0. The first-order valence-electron chi connectivity index (χ1n) is 5.76. The van der Waals surface area contributed by atoms with Crippen molar-refractivity contribution in [3.05, 3.63) is 23.8 Å². The highest BCUT2D eigenvalue weighted by atomic mass is 16.5. The summed E-state index contributed by atoms with van der Waals surface area (Å²) in [6.45, 7) is 4.57. The topological polar surface area (TPSA) is 78.8 Å². The zero-order valence-corrected chi connectivity index (χ0v) is 10.8. The number of aryl methyl sites for hydroxylation is 1. The average Bonchev–Trinajstić information content (AvgIpc) is 2.81. The van der Waals surface area contributed by atoms with Crippen LogP contribution in [0.3, 0.4) is 0 Å². The lowest BCUT2D eigenvalue weighted by Crippen LogP contribution is -2.14. The van der Waals surface area contributed by atoms with Gasteiger partial charge in [-0.05, 0) is 42.0 Å². The fourth-order valence-electron chi connectivity index (χ4n) is 1.86. The molecule has 0 bridgehead atoms. The number of nitrogens with two attached hydrogens (primary N) is 1. The molecule has 0 fully saturated rings. The fraction of sp³-hybridized carbons (Fsp3) is 0.417. The number of nitrogen functional groups attached to an aromatic ring is 1. The van der Waals surface area contributed by atoms with Crippen molar-refractivity contribution in [2.24, 2.45) is 0 Å². The van der Waals surface area contributed by atoms with E-state index in [1.165, 1.54) is 0 Å². The summed E-state index contributed by atoms with van der Waals surface area (Å²) in [5, 5.41) is 11.8. The van der Waals surface area contributed by atoms with Crippen molar-refractivity contribution in [3.8, 4) is 11.4 Å². The first-order chi connectivity index (χ1) is 8.63. The van der Waals surface area contributed by atoms with Gasteiger partial charge in [-0.25, -0.2) is 4.68 Å². The van der Waals surface area contributed by atoms with E-state index in [0.717, 1.165) is 11.1 Å². The van der Waals surface area contributed by atoms with Gasteiger partial charge in [-0.3, -0.25) is 0 Å². The third-order valence-electron chi connectivity index (χ3n) is 2.82. The first-order valence-corrected chi connectivity index (χ1v) is 5.76. The van der Waals surface area contributed by atoms with Crippen LogP contribution in [0.5, 0.6) is 0 Å². The molecule has 2 N–H and O–H groups in total. The molecule has 1 unspecified atom stereocenters. The minimum absolute atomic E-state index is 0.0702. The van der Waals surface area contributed by atoms with Crippen molar-refractivity contribution >= 4 is 5.69 Å². The minimum atomic E-state index is 0.0702. The van der Waals surface area contributed by atoms with Crippen molar-refractivity contribution in [1.82, 2.24) is 20.2 Å². The van der Waals surface area contributed by atoms with Gasteiger partial charge in [0.15, 0.2) is 5.82 Å². The molecule has 1 heterocycles. The Kier molecular flexibility index (Phi) is 3.57. The third-order valence-corrected chi connectivity index (χ3v) is 2.82. The number of rotatable bonds is 4. The Balaban J connectivity index is 2.45. The Morgan fingerprint density at radius 3 is 2.94 bits per heavy atom. The second-order valence-electron chi connectivity index (χ2n) is 4.33. The van der Waals surface area contributed by atoms with Crippen LogP contribution < -0.4 is 5.73 Å². The molecular formula is C12H17N5O. The number of hydrogen-bond donors (Lipinski definition) is 1. The van der Waals surface area contributed by atoms with Gasteiger partial charge in [0, 0.05) is 18.4 Å². The van der Waals surface area contributed by atoms with Gasteiger partial charge in [0.05, 0.1) is 12.6 Å². The van der Waals surface area contributed by atoms with Crippen LogP contribution in [-0.4, -0.2) is 33.9 Å². The number of aromatic nitrogens is 4. The molecule has 0 saturated carbocycles. The Labute approximate surface area is 106 Å². The predicted octanol–water partition coefficient (Wildman–Crippen LogP) is 1.44. The van der Waals surface area contributed by atoms with Crippen molar-refractivity contribution in [1.29, 1.82) is 0 Å². The van der Waals surface area contributed by atoms with Crippen molar-refractivity contribution in [2.75, 3.05) is 19.5 Å². The quantitative estimate of drug-likeness (QED) is 0.827. The van der Waals surface area contributed by atoms with E-state index in [1.807, 2.05) is 32.0 Å². The molecule has 2 rings (SSSR count). The summed E-state index contributed by atoms with van der Waals surface area (Å²) in [6, 6.07) is 5.79. The van der Waals surface area contributed by atoms with Crippen LogP contribution in [0.1, 0.15) is 18.5 Å². The number of nitrogens with zero attached hydrogens (tertiary/aromatic N) is 4. The largest absolute Gasteiger partial charge is 0.399 e. The van der Waals surface area contributed by atoms with E-state index in [4.69, 9.17) is 10.5 Å². The monoisotopic (exact) mass is 247 g/mol. The summed E-state index contributed by atoms with van der Waals surface area (Å²) in [7, 11) is 1.66. The van der Waals surface area contributed by atoms with Gasteiger partial charge in [-0.15, -0.1) is 5.10 Å². The molecule has 1 aromatic heterocycles. The Bertz CT molecular complexity index is 537. The number of ether oxygens (including phenoxy) is 1. The van der Waals surface area contributed by atoms with E-state index in [2.05, 4.69) is 15.5 Å². The molecule has 0 saturated heterocycles. The standard InChI is InChI=1S/C12H17N5O/c1-8-4-5-10(13)6-11(8)12-14-15-16-17(12)9(2)7-18-3/h4-6,9H,7,13H2,1-3H3. The van der Waals surface area contributed by atoms with E-state index in [-0.39, 0.29) is 6.04 Å². The molecule has 0 spiro atoms. The zero-order chi connectivity index (χ0) is 13.1. The number of methoxy groups -OCH3 is 1. The molecule has 6 nitrogen and oxygen atoms in total. The van der Waals surface area contributed by atoms with Crippen molar-refractivity contribution in [3.63, 3.8) is 0 Å². The predicted molar refractivity (Wildman–Crippen MR) is 69.0 cm³/mol. The number of hydrogen-bond acceptors (Lipinski definition) is 5. The molecule has 6 heteroatoms. The second kappa shape index (κ2) is 5.14. The van der Waals surface area contributed by atoms with E-state index in [9.17, 15) is 0 Å². The SMILES string of the molecule is COCC(C)n1nnnc1-c1cc(N)ccc1C. The normalized spacial score (nSPS) is 12.6. The van der Waals surface area contributed by atoms with Crippen LogP contribution in [0.25, 0.3) is 11.4 Å². The molecule has 0 radical (unpaired) electrons. The first kappa shape index (κ1) is 12.5. The summed E-state index contributed by atoms with van der Waals surface area (Å²) in [6.07, 6.45) is 0. The van der Waals surface area contributed by atoms with Crippen molar-refractivity contribution < 1.29 is 4.74 Å². The molecular weight excluding hydrogens is 230 g/mol. The number of tetrazole rings is 1. The molecule has 0 aliphatic heterocycles. The maximum atomic E-state index is 5.82. The lowest BCUT2D eigenvalue weighted by molar-refractivity contribution is 0.156. The van der Waals surface area contributed by atoms with Crippen LogP contribution in [0.4, 0.5) is 5.69 Å². The van der Waals surface area contributed by atoms with E-state index < -0.39 is 0 Å². The third kappa shape index (κ3) is 2.33. The minimum Gasteiger partial charge on any atom is -0.399 e. The summed E-state index contributed by atoms with van der Waals surface area (Å²) >= 11 is 0. The number of benzene rings is 1. The number of anilines is 1. The maximum absolute atomic E-state index is 5.82. The van der Waals surface area contributed by atoms with Gasteiger partial charge >= 0.3 is 0 Å². The lowest BCUT2D eigenvalue weighted by atomic mass is 10.1. The molecule has 0 aliphatic rings. The summed E-state index contributed by atoms with van der Waals surface area (Å²) in [5.74, 6) is 0.712. The summed E-state index contributed by atoms with van der Waals surface area (Å²) < 4.78 is 6.89. The highest BCUT2D eigenvalue weighted by Gasteiger charge is 2.16. The molecule has 0 amide bonds. The highest BCUT2D eigenvalue weighted by Crippen LogP contribution is 2.24. The van der Waals surface area contributed by atoms with E-state index in [0.29, 0.717) is 18.1 Å². The average molecular weight is 247 g/mol. The molecule has 0 aliphatic carbocycles. The highest BCUT2D eigenvalue weighted by molar-refractivity contribution is 5.65. The van der Waals surface area contributed by atoms with Crippen LogP contribution in [0.15, 0.2) is 18.2 Å². The summed E-state index contributed by atoms with van der Waals surface area (Å²) in [5.41, 5.74) is 8.55. The van der Waals surface area contributed by atoms with Gasteiger partial charge in [0.2, 0.25) is 0 Å². The van der Waals surface area contributed by atoms with Crippen LogP contribution in [0.2, 0.25) is 0 Å². The Morgan fingerprint density at radius 1 is 1.44 bits per heavy atom. The maximum Gasteiger partial charge on any atom is 0.182 e. The fourth-order valence-corrected chi connectivity index (χ4v) is 1.86.